The second kappa shape index (κ2) is 4.79. The minimum Gasteiger partial charge on any atom is -0.503 e. The number of alkyl halides is 3. The van der Waals surface area contributed by atoms with E-state index < -0.39 is 29.0 Å². The number of aliphatic hydroxyl groups excluding tert-OH is 1. The van der Waals surface area contributed by atoms with Crippen molar-refractivity contribution in [2.45, 2.75) is 6.18 Å². The Morgan fingerprint density at radius 1 is 1.44 bits per heavy atom. The Morgan fingerprint density at radius 3 is 2.50 bits per heavy atom. The van der Waals surface area contributed by atoms with Gasteiger partial charge in [-0.05, 0) is 18.2 Å². The molecule has 4 nitrogen and oxygen atoms in total. The molecule has 0 spiro atoms. The summed E-state index contributed by atoms with van der Waals surface area (Å²) >= 11 is 0. The number of hydrogen-bond acceptors (Lipinski definition) is 3. The normalized spacial score (nSPS) is 10.6. The van der Waals surface area contributed by atoms with E-state index in [0.717, 1.165) is 12.1 Å². The summed E-state index contributed by atoms with van der Waals surface area (Å²) in [5, 5.41) is 19.3. The molecule has 0 atom stereocenters. The summed E-state index contributed by atoms with van der Waals surface area (Å²) in [6, 6.07) is 4.07. The molecule has 1 rings (SSSR count). The molecule has 0 fully saturated rings. The lowest BCUT2D eigenvalue weighted by Gasteiger charge is -2.11. The minimum absolute atomic E-state index is 0.193. The summed E-state index contributed by atoms with van der Waals surface area (Å²) in [5.74, 6) is -1.85. The maximum absolute atomic E-state index is 12.6. The highest BCUT2D eigenvalue weighted by atomic mass is 19.4. The van der Waals surface area contributed by atoms with Gasteiger partial charge in [0.1, 0.15) is 0 Å². The molecule has 0 aromatic heterocycles. The van der Waals surface area contributed by atoms with Gasteiger partial charge in [-0.25, -0.2) is 0 Å². The van der Waals surface area contributed by atoms with Crippen LogP contribution in [0.25, 0.3) is 0 Å². The molecular weight excluding hydrogens is 249 g/mol. The van der Waals surface area contributed by atoms with Crippen LogP contribution in [0.4, 0.5) is 18.9 Å². The van der Waals surface area contributed by atoms with Gasteiger partial charge >= 0.3 is 6.18 Å². The van der Waals surface area contributed by atoms with E-state index in [9.17, 15) is 18.0 Å². The van der Waals surface area contributed by atoms with Gasteiger partial charge < -0.3 is 10.4 Å². The average Bonchev–Trinajstić information content (AvgIpc) is 2.27. The van der Waals surface area contributed by atoms with Crippen LogP contribution in [0, 0.1) is 11.3 Å². The van der Waals surface area contributed by atoms with Crippen molar-refractivity contribution in [3.05, 3.63) is 41.7 Å². The van der Waals surface area contributed by atoms with Gasteiger partial charge in [0, 0.05) is 5.69 Å². The maximum atomic E-state index is 12.6. The van der Waals surface area contributed by atoms with E-state index in [4.69, 9.17) is 10.4 Å². The number of amides is 1. The zero-order valence-corrected chi connectivity index (χ0v) is 8.88. The van der Waals surface area contributed by atoms with Crippen LogP contribution in [0.1, 0.15) is 11.1 Å². The number of carbonyl (C=O) groups excluding carboxylic acids is 1. The summed E-state index contributed by atoms with van der Waals surface area (Å²) in [4.78, 5) is 11.0. The lowest BCUT2D eigenvalue weighted by Crippen LogP contribution is -2.15. The van der Waals surface area contributed by atoms with Gasteiger partial charge in [0.15, 0.2) is 5.76 Å². The molecule has 7 heteroatoms. The van der Waals surface area contributed by atoms with Crippen molar-refractivity contribution in [1.82, 2.24) is 0 Å². The maximum Gasteiger partial charge on any atom is 0.417 e. The SMILES string of the molecule is C=C(O)C(=O)Nc1ccc(C#N)c(C(F)(F)F)c1. The molecule has 0 heterocycles. The van der Waals surface area contributed by atoms with E-state index >= 15 is 0 Å². The number of nitriles is 1. The van der Waals surface area contributed by atoms with Gasteiger partial charge in [-0.15, -0.1) is 0 Å². The number of rotatable bonds is 2. The van der Waals surface area contributed by atoms with Crippen molar-refractivity contribution in [2.24, 2.45) is 0 Å². The van der Waals surface area contributed by atoms with E-state index in [0.29, 0.717) is 6.07 Å². The van der Waals surface area contributed by atoms with Crippen molar-refractivity contribution in [3.8, 4) is 6.07 Å². The predicted molar refractivity (Wildman–Crippen MR) is 56.6 cm³/mol. The molecule has 0 aliphatic rings. The summed E-state index contributed by atoms with van der Waals surface area (Å²) in [6.45, 7) is 2.93. The average molecular weight is 256 g/mol. The predicted octanol–water partition coefficient (Wildman–Crippen LogP) is 2.59. The van der Waals surface area contributed by atoms with Gasteiger partial charge in [0.25, 0.3) is 5.91 Å². The third-order valence-electron chi connectivity index (χ3n) is 1.97. The van der Waals surface area contributed by atoms with Crippen LogP contribution in [-0.4, -0.2) is 11.0 Å². The molecule has 18 heavy (non-hydrogen) atoms. The van der Waals surface area contributed by atoms with Crippen molar-refractivity contribution in [1.29, 1.82) is 5.26 Å². The Labute approximate surface area is 100.0 Å². The van der Waals surface area contributed by atoms with Gasteiger partial charge in [-0.3, -0.25) is 4.79 Å². The highest BCUT2D eigenvalue weighted by Crippen LogP contribution is 2.33. The molecule has 0 saturated heterocycles. The van der Waals surface area contributed by atoms with Gasteiger partial charge in [-0.1, -0.05) is 6.58 Å². The molecule has 0 aliphatic heterocycles. The summed E-state index contributed by atoms with van der Waals surface area (Å²) < 4.78 is 37.7. The fourth-order valence-electron chi connectivity index (χ4n) is 1.16. The number of nitrogens with zero attached hydrogens (tertiary/aromatic N) is 1. The molecule has 94 valence electrons. The minimum atomic E-state index is -4.71. The lowest BCUT2D eigenvalue weighted by atomic mass is 10.1. The first-order chi connectivity index (χ1) is 8.25. The third kappa shape index (κ3) is 3.01. The Morgan fingerprint density at radius 2 is 2.06 bits per heavy atom. The molecule has 0 saturated carbocycles. The van der Waals surface area contributed by atoms with E-state index in [1.54, 1.807) is 0 Å². The second-order valence-corrected chi connectivity index (χ2v) is 3.27. The third-order valence-corrected chi connectivity index (χ3v) is 1.97. The van der Waals surface area contributed by atoms with Crippen molar-refractivity contribution >= 4 is 11.6 Å². The Hall–Kier alpha value is -2.49. The van der Waals surface area contributed by atoms with Crippen LogP contribution in [0.3, 0.4) is 0 Å². The van der Waals surface area contributed by atoms with Crippen LogP contribution < -0.4 is 5.32 Å². The Balaban J connectivity index is 3.16. The Kier molecular flexibility index (Phi) is 3.61. The van der Waals surface area contributed by atoms with Crippen LogP contribution >= 0.6 is 0 Å². The number of benzene rings is 1. The molecule has 1 aromatic rings. The van der Waals surface area contributed by atoms with Crippen LogP contribution in [0.15, 0.2) is 30.5 Å². The highest BCUT2D eigenvalue weighted by molar-refractivity contribution is 6.01. The molecular formula is C11H7F3N2O2. The fourth-order valence-corrected chi connectivity index (χ4v) is 1.16. The fraction of sp³-hybridized carbons (Fsp3) is 0.0909. The number of aliphatic hydroxyl groups is 1. The highest BCUT2D eigenvalue weighted by Gasteiger charge is 2.33. The number of halogens is 3. The van der Waals surface area contributed by atoms with Gasteiger partial charge in [-0.2, -0.15) is 18.4 Å². The molecule has 1 aromatic carbocycles. The van der Waals surface area contributed by atoms with Gasteiger partial charge in [0.2, 0.25) is 0 Å². The standard InChI is InChI=1S/C11H7F3N2O2/c1-6(17)10(18)16-8-3-2-7(5-15)9(4-8)11(12,13)14/h2-4,17H,1H2,(H,16,18). The van der Waals surface area contributed by atoms with Crippen molar-refractivity contribution < 1.29 is 23.1 Å². The monoisotopic (exact) mass is 256 g/mol. The molecule has 0 unspecified atom stereocenters. The van der Waals surface area contributed by atoms with E-state index in [-0.39, 0.29) is 5.69 Å². The first-order valence-corrected chi connectivity index (χ1v) is 4.56. The number of nitrogens with one attached hydrogen (secondary N) is 1. The van der Waals surface area contributed by atoms with Crippen molar-refractivity contribution in [2.75, 3.05) is 5.32 Å². The van der Waals surface area contributed by atoms with Gasteiger partial charge in [0.05, 0.1) is 17.2 Å². The lowest BCUT2D eigenvalue weighted by molar-refractivity contribution is -0.137. The van der Waals surface area contributed by atoms with E-state index in [1.807, 2.05) is 5.32 Å². The Bertz CT molecular complexity index is 544. The van der Waals surface area contributed by atoms with Crippen LogP contribution in [0.2, 0.25) is 0 Å². The summed E-state index contributed by atoms with van der Waals surface area (Å²) in [7, 11) is 0. The quantitative estimate of drug-likeness (QED) is 0.631. The van der Waals surface area contributed by atoms with Crippen molar-refractivity contribution in [3.63, 3.8) is 0 Å². The van der Waals surface area contributed by atoms with E-state index in [2.05, 4.69) is 6.58 Å². The molecule has 0 radical (unpaired) electrons. The zero-order valence-electron chi connectivity index (χ0n) is 8.88. The largest absolute Gasteiger partial charge is 0.503 e. The molecule has 2 N–H and O–H groups in total. The van der Waals surface area contributed by atoms with Crippen LogP contribution in [0.5, 0.6) is 0 Å². The molecule has 0 bridgehead atoms. The van der Waals surface area contributed by atoms with Crippen LogP contribution in [-0.2, 0) is 11.0 Å². The molecule has 0 aliphatic carbocycles. The topological polar surface area (TPSA) is 73.1 Å². The summed E-state index contributed by atoms with van der Waals surface area (Å²) in [6.07, 6.45) is -4.71. The zero-order chi connectivity index (χ0) is 13.9. The first-order valence-electron chi connectivity index (χ1n) is 4.56. The second-order valence-electron chi connectivity index (χ2n) is 3.27. The molecule has 1 amide bonds. The smallest absolute Gasteiger partial charge is 0.417 e. The van der Waals surface area contributed by atoms with E-state index in [1.165, 1.54) is 6.07 Å². The summed E-state index contributed by atoms with van der Waals surface area (Å²) in [5.41, 5.74) is -1.91. The number of anilines is 1. The number of carbonyl (C=O) groups is 1. The first kappa shape index (κ1) is 13.6. The number of hydrogen-bond donors (Lipinski definition) is 2.